The number of hydrogen-bond acceptors (Lipinski definition) is 7. The molecule has 25 heavy (non-hydrogen) atoms. The Morgan fingerprint density at radius 1 is 1.40 bits per heavy atom. The van der Waals surface area contributed by atoms with Crippen LogP contribution < -0.4 is 9.47 Å². The van der Waals surface area contributed by atoms with Crippen LogP contribution in [0.25, 0.3) is 0 Å². The van der Waals surface area contributed by atoms with Gasteiger partial charge in [-0.3, -0.25) is 14.9 Å². The molecule has 0 spiro atoms. The van der Waals surface area contributed by atoms with E-state index < -0.39 is 22.2 Å². The van der Waals surface area contributed by atoms with Crippen LogP contribution in [0.15, 0.2) is 24.8 Å². The fourth-order valence-electron chi connectivity index (χ4n) is 2.00. The molecule has 0 aliphatic rings. The molecule has 0 bridgehead atoms. The maximum Gasteiger partial charge on any atom is 0.330 e. The van der Waals surface area contributed by atoms with E-state index in [0.29, 0.717) is 6.42 Å². The van der Waals surface area contributed by atoms with Gasteiger partial charge < -0.3 is 14.2 Å². The molecule has 1 atom stereocenters. The van der Waals surface area contributed by atoms with Crippen molar-refractivity contribution in [1.29, 1.82) is 0 Å². The Kier molecular flexibility index (Phi) is 7.87. The Balaban J connectivity index is 3.10. The number of rotatable bonds is 10. The highest BCUT2D eigenvalue weighted by Gasteiger charge is 2.25. The monoisotopic (exact) mass is 371 g/mol. The van der Waals surface area contributed by atoms with Gasteiger partial charge in [-0.1, -0.05) is 6.58 Å². The van der Waals surface area contributed by atoms with Crippen LogP contribution in [0, 0.1) is 10.1 Å². The third kappa shape index (κ3) is 6.07. The van der Waals surface area contributed by atoms with Crippen LogP contribution in [-0.4, -0.2) is 29.9 Å². The van der Waals surface area contributed by atoms with Gasteiger partial charge in [0.2, 0.25) is 5.24 Å². The molecule has 0 amide bonds. The number of hydrogen-bond donors (Lipinski definition) is 0. The minimum atomic E-state index is -0.886. The molecule has 0 heterocycles. The molecule has 136 valence electrons. The quantitative estimate of drug-likeness (QED) is 0.155. The molecule has 0 fully saturated rings. The van der Waals surface area contributed by atoms with Crippen molar-refractivity contribution < 1.29 is 28.7 Å². The van der Waals surface area contributed by atoms with Crippen LogP contribution in [0.5, 0.6) is 11.5 Å². The average Bonchev–Trinajstić information content (AvgIpc) is 2.57. The van der Waals surface area contributed by atoms with Gasteiger partial charge in [0.15, 0.2) is 11.5 Å². The number of nitro benzene ring substituents is 1. The van der Waals surface area contributed by atoms with Gasteiger partial charge in [0.05, 0.1) is 30.3 Å². The minimum absolute atomic E-state index is 0.124. The smallest absolute Gasteiger partial charge is 0.330 e. The normalized spacial score (nSPS) is 11.3. The third-order valence-electron chi connectivity index (χ3n) is 3.18. The van der Waals surface area contributed by atoms with Crippen molar-refractivity contribution in [3.63, 3.8) is 0 Å². The molecule has 1 aromatic rings. The summed E-state index contributed by atoms with van der Waals surface area (Å²) >= 11 is 5.24. The molecule has 9 heteroatoms. The molecule has 0 N–H and O–H groups in total. The van der Waals surface area contributed by atoms with E-state index in [1.54, 1.807) is 0 Å². The molecule has 0 aromatic heterocycles. The summed E-state index contributed by atoms with van der Waals surface area (Å²) in [4.78, 5) is 32.8. The van der Waals surface area contributed by atoms with Gasteiger partial charge in [-0.15, -0.1) is 0 Å². The van der Waals surface area contributed by atoms with Crippen LogP contribution in [0.2, 0.25) is 0 Å². The second kappa shape index (κ2) is 9.63. The summed E-state index contributed by atoms with van der Waals surface area (Å²) in [5.41, 5.74) is -0.131. The maximum absolute atomic E-state index is 11.3. The lowest BCUT2D eigenvalue weighted by Gasteiger charge is -2.16. The Morgan fingerprint density at radius 2 is 2.08 bits per heavy atom. The van der Waals surface area contributed by atoms with Gasteiger partial charge in [0.25, 0.3) is 5.69 Å². The van der Waals surface area contributed by atoms with Crippen LogP contribution in [-0.2, 0) is 14.3 Å². The summed E-state index contributed by atoms with van der Waals surface area (Å²) < 4.78 is 15.7. The number of halogens is 1. The van der Waals surface area contributed by atoms with Crippen molar-refractivity contribution in [3.05, 3.63) is 40.5 Å². The standard InChI is InChI=1S/C16H18ClNO7/c1-4-16(20)25-10(2)11-8-13(23-3)14(9-12(11)18(21)22)24-7-5-6-15(17)19/h4,8-10H,1,5-7H2,2-3H3. The van der Waals surface area contributed by atoms with Crippen molar-refractivity contribution >= 4 is 28.5 Å². The van der Waals surface area contributed by atoms with E-state index in [1.807, 2.05) is 0 Å². The summed E-state index contributed by atoms with van der Waals surface area (Å²) in [5.74, 6) is -0.326. The topological polar surface area (TPSA) is 105 Å². The molecule has 0 saturated heterocycles. The maximum atomic E-state index is 11.3. The van der Waals surface area contributed by atoms with Crippen LogP contribution in [0.3, 0.4) is 0 Å². The first-order chi connectivity index (χ1) is 11.8. The lowest BCUT2D eigenvalue weighted by atomic mass is 10.1. The van der Waals surface area contributed by atoms with E-state index in [1.165, 1.54) is 26.2 Å². The molecule has 0 aliphatic heterocycles. The first kappa shape index (κ1) is 20.4. The van der Waals surface area contributed by atoms with Gasteiger partial charge in [-0.2, -0.15) is 0 Å². The zero-order valence-corrected chi connectivity index (χ0v) is 14.6. The molecule has 0 radical (unpaired) electrons. The summed E-state index contributed by atoms with van der Waals surface area (Å²) in [6, 6.07) is 2.57. The fraction of sp³-hybridized carbons (Fsp3) is 0.375. The van der Waals surface area contributed by atoms with Crippen molar-refractivity contribution in [2.75, 3.05) is 13.7 Å². The van der Waals surface area contributed by atoms with Gasteiger partial charge in [-0.25, -0.2) is 4.79 Å². The summed E-state index contributed by atoms with van der Waals surface area (Å²) in [6.07, 6.45) is 0.560. The first-order valence-electron chi connectivity index (χ1n) is 7.30. The van der Waals surface area contributed by atoms with E-state index in [2.05, 4.69) is 6.58 Å². The predicted octanol–water partition coefficient (Wildman–Crippen LogP) is 3.32. The third-order valence-corrected chi connectivity index (χ3v) is 3.37. The predicted molar refractivity (Wildman–Crippen MR) is 89.9 cm³/mol. The number of nitro groups is 1. The highest BCUT2D eigenvalue weighted by atomic mass is 35.5. The van der Waals surface area contributed by atoms with E-state index in [-0.39, 0.29) is 35.8 Å². The molecular formula is C16H18ClNO7. The Hall–Kier alpha value is -2.61. The Bertz CT molecular complexity index is 675. The highest BCUT2D eigenvalue weighted by Crippen LogP contribution is 2.38. The Labute approximate surface area is 149 Å². The summed E-state index contributed by atoms with van der Waals surface area (Å²) in [5, 5.41) is 10.8. The lowest BCUT2D eigenvalue weighted by Crippen LogP contribution is -2.09. The zero-order chi connectivity index (χ0) is 19.0. The second-order valence-electron chi connectivity index (χ2n) is 4.91. The minimum Gasteiger partial charge on any atom is -0.493 e. The first-order valence-corrected chi connectivity index (χ1v) is 7.68. The SMILES string of the molecule is C=CC(=O)OC(C)c1cc(OC)c(OCCCC(=O)Cl)cc1[N+](=O)[O-]. The molecular weight excluding hydrogens is 354 g/mol. The zero-order valence-electron chi connectivity index (χ0n) is 13.8. The van der Waals surface area contributed by atoms with E-state index in [0.717, 1.165) is 6.08 Å². The summed E-state index contributed by atoms with van der Waals surface area (Å²) in [6.45, 7) is 4.91. The van der Waals surface area contributed by atoms with Crippen molar-refractivity contribution in [3.8, 4) is 11.5 Å². The summed E-state index contributed by atoms with van der Waals surface area (Å²) in [7, 11) is 1.38. The van der Waals surface area contributed by atoms with Crippen LogP contribution >= 0.6 is 11.6 Å². The number of esters is 1. The molecule has 1 unspecified atom stereocenters. The van der Waals surface area contributed by atoms with Crippen LogP contribution in [0.1, 0.15) is 31.4 Å². The van der Waals surface area contributed by atoms with E-state index in [4.69, 9.17) is 25.8 Å². The number of ether oxygens (including phenoxy) is 3. The van der Waals surface area contributed by atoms with E-state index in [9.17, 15) is 19.7 Å². The van der Waals surface area contributed by atoms with E-state index >= 15 is 0 Å². The van der Waals surface area contributed by atoms with Gasteiger partial charge in [-0.05, 0) is 31.0 Å². The fourth-order valence-corrected chi connectivity index (χ4v) is 2.13. The van der Waals surface area contributed by atoms with Gasteiger partial charge in [0.1, 0.15) is 6.10 Å². The lowest BCUT2D eigenvalue weighted by molar-refractivity contribution is -0.386. The number of carbonyl (C=O) groups is 2. The van der Waals surface area contributed by atoms with Crippen molar-refractivity contribution in [2.24, 2.45) is 0 Å². The number of benzene rings is 1. The Morgan fingerprint density at radius 3 is 2.60 bits per heavy atom. The molecule has 1 rings (SSSR count). The van der Waals surface area contributed by atoms with Crippen molar-refractivity contribution in [1.82, 2.24) is 0 Å². The average molecular weight is 372 g/mol. The molecule has 0 aliphatic carbocycles. The number of methoxy groups -OCH3 is 1. The molecule has 1 aromatic carbocycles. The number of carbonyl (C=O) groups excluding carboxylic acids is 2. The largest absolute Gasteiger partial charge is 0.493 e. The molecule has 0 saturated carbocycles. The second-order valence-corrected chi connectivity index (χ2v) is 5.33. The van der Waals surface area contributed by atoms with Crippen molar-refractivity contribution in [2.45, 2.75) is 25.9 Å². The number of nitrogens with zero attached hydrogens (tertiary/aromatic N) is 1. The highest BCUT2D eigenvalue weighted by molar-refractivity contribution is 6.63. The van der Waals surface area contributed by atoms with Crippen LogP contribution in [0.4, 0.5) is 5.69 Å². The van der Waals surface area contributed by atoms with Gasteiger partial charge >= 0.3 is 5.97 Å². The van der Waals surface area contributed by atoms with Gasteiger partial charge in [0, 0.05) is 12.5 Å². The molecule has 8 nitrogen and oxygen atoms in total.